The van der Waals surface area contributed by atoms with Crippen molar-refractivity contribution in [2.45, 2.75) is 6.42 Å². The number of aromatic nitrogens is 4. The van der Waals surface area contributed by atoms with E-state index in [0.29, 0.717) is 0 Å². The number of nitrogens with one attached hydrogen (secondary N) is 2. The summed E-state index contributed by atoms with van der Waals surface area (Å²) < 4.78 is 0. The molecule has 0 aliphatic rings. The summed E-state index contributed by atoms with van der Waals surface area (Å²) in [5.41, 5.74) is 6.91. The number of H-pyrrole nitrogens is 2. The van der Waals surface area contributed by atoms with Crippen LogP contribution in [0.15, 0.2) is 73.4 Å². The second-order valence-electron chi connectivity index (χ2n) is 6.20. The zero-order valence-electron chi connectivity index (χ0n) is 13.5. The van der Waals surface area contributed by atoms with Gasteiger partial charge in [-0.15, -0.1) is 0 Å². The molecule has 0 bridgehead atoms. The highest BCUT2D eigenvalue weighted by Crippen LogP contribution is 2.27. The Kier molecular flexibility index (Phi) is 3.13. The van der Waals surface area contributed by atoms with E-state index in [1.165, 1.54) is 27.4 Å². The maximum Gasteiger partial charge on any atom is 0.137 e. The fourth-order valence-electron chi connectivity index (χ4n) is 3.42. The monoisotopic (exact) mass is 324 g/mol. The molecule has 0 aliphatic carbocycles. The molecule has 5 aromatic rings. The number of hydrogen-bond acceptors (Lipinski definition) is 2. The molecule has 4 heterocycles. The zero-order valence-corrected chi connectivity index (χ0v) is 13.5. The van der Waals surface area contributed by atoms with Crippen molar-refractivity contribution >= 4 is 21.9 Å². The number of fused-ring (bicyclic) bond motifs is 2. The third-order valence-electron chi connectivity index (χ3n) is 4.70. The van der Waals surface area contributed by atoms with E-state index in [1.54, 1.807) is 0 Å². The summed E-state index contributed by atoms with van der Waals surface area (Å²) >= 11 is 0. The number of hydrogen-bond donors (Lipinski definition) is 2. The van der Waals surface area contributed by atoms with Gasteiger partial charge < -0.3 is 9.97 Å². The van der Waals surface area contributed by atoms with Gasteiger partial charge in [0.2, 0.25) is 0 Å². The lowest BCUT2D eigenvalue weighted by molar-refractivity contribution is 1.23. The van der Waals surface area contributed by atoms with Crippen LogP contribution in [0.2, 0.25) is 0 Å². The molecule has 0 saturated carbocycles. The van der Waals surface area contributed by atoms with Crippen molar-refractivity contribution in [1.29, 1.82) is 0 Å². The molecule has 0 radical (unpaired) electrons. The van der Waals surface area contributed by atoms with Crippen molar-refractivity contribution in [2.24, 2.45) is 0 Å². The average molecular weight is 324 g/mol. The molecule has 0 saturated heterocycles. The first-order valence-electron chi connectivity index (χ1n) is 8.30. The van der Waals surface area contributed by atoms with Gasteiger partial charge in [0, 0.05) is 59.3 Å². The Morgan fingerprint density at radius 1 is 0.840 bits per heavy atom. The topological polar surface area (TPSA) is 57.4 Å². The second-order valence-corrected chi connectivity index (χ2v) is 6.20. The molecule has 4 heteroatoms. The Balaban J connectivity index is 1.61. The highest BCUT2D eigenvalue weighted by Gasteiger charge is 2.10. The molecule has 0 aliphatic heterocycles. The Bertz CT molecular complexity index is 1170. The number of nitrogens with zero attached hydrogens (tertiary/aromatic N) is 2. The predicted molar refractivity (Wildman–Crippen MR) is 100 cm³/mol. The number of pyridine rings is 2. The lowest BCUT2D eigenvalue weighted by atomic mass is 10.0. The van der Waals surface area contributed by atoms with E-state index < -0.39 is 0 Å². The maximum absolute atomic E-state index is 4.59. The summed E-state index contributed by atoms with van der Waals surface area (Å²) in [4.78, 5) is 15.3. The van der Waals surface area contributed by atoms with Crippen LogP contribution in [-0.4, -0.2) is 19.9 Å². The predicted octanol–water partition coefficient (Wildman–Crippen LogP) is 4.70. The standard InChI is InChI=1S/C21H16N4/c1-2-15(18-6-9-23-20(18)3-1)10-17-13-25-21-19(17)11-16(12-24-21)14-4-7-22-8-5-14/h1-9,11-13,23H,10H2,(H,24,25). The van der Waals surface area contributed by atoms with Crippen LogP contribution >= 0.6 is 0 Å². The van der Waals surface area contributed by atoms with Gasteiger partial charge in [-0.2, -0.15) is 0 Å². The van der Waals surface area contributed by atoms with E-state index >= 15 is 0 Å². The van der Waals surface area contributed by atoms with Crippen molar-refractivity contribution in [3.8, 4) is 11.1 Å². The van der Waals surface area contributed by atoms with E-state index in [0.717, 1.165) is 23.2 Å². The summed E-state index contributed by atoms with van der Waals surface area (Å²) in [5, 5.41) is 2.44. The SMILES string of the molecule is c1cc(Cc2c[nH]c3ncc(-c4ccncc4)cc23)c2cc[nH]c2c1. The van der Waals surface area contributed by atoms with Gasteiger partial charge in [0.15, 0.2) is 0 Å². The largest absolute Gasteiger partial charge is 0.361 e. The zero-order chi connectivity index (χ0) is 16.6. The van der Waals surface area contributed by atoms with Crippen molar-refractivity contribution in [3.63, 3.8) is 0 Å². The summed E-state index contributed by atoms with van der Waals surface area (Å²) in [6.45, 7) is 0. The van der Waals surface area contributed by atoms with Gasteiger partial charge in [-0.25, -0.2) is 4.98 Å². The normalized spacial score (nSPS) is 11.4. The minimum absolute atomic E-state index is 0.872. The van der Waals surface area contributed by atoms with Crippen molar-refractivity contribution in [3.05, 3.63) is 84.6 Å². The van der Waals surface area contributed by atoms with Crippen LogP contribution in [0.25, 0.3) is 33.1 Å². The number of benzene rings is 1. The number of aromatic amines is 2. The number of rotatable bonds is 3. The van der Waals surface area contributed by atoms with Gasteiger partial charge in [0.05, 0.1) is 0 Å². The molecule has 4 aromatic heterocycles. The molecule has 4 nitrogen and oxygen atoms in total. The lowest BCUT2D eigenvalue weighted by Crippen LogP contribution is -1.89. The molecule has 0 amide bonds. The Morgan fingerprint density at radius 2 is 1.76 bits per heavy atom. The van der Waals surface area contributed by atoms with Gasteiger partial charge in [-0.05, 0) is 47.0 Å². The first kappa shape index (κ1) is 14.0. The van der Waals surface area contributed by atoms with Crippen molar-refractivity contribution in [2.75, 3.05) is 0 Å². The minimum atomic E-state index is 0.872. The second kappa shape index (κ2) is 5.60. The molecule has 120 valence electrons. The minimum Gasteiger partial charge on any atom is -0.361 e. The fourth-order valence-corrected chi connectivity index (χ4v) is 3.42. The molecule has 0 spiro atoms. The van der Waals surface area contributed by atoms with Crippen molar-refractivity contribution in [1.82, 2.24) is 19.9 Å². The lowest BCUT2D eigenvalue weighted by Gasteiger charge is -2.04. The van der Waals surface area contributed by atoms with E-state index in [-0.39, 0.29) is 0 Å². The highest BCUT2D eigenvalue weighted by atomic mass is 14.8. The Hall–Kier alpha value is -3.40. The molecule has 5 rings (SSSR count). The first-order chi connectivity index (χ1) is 12.4. The van der Waals surface area contributed by atoms with Crippen LogP contribution in [0.3, 0.4) is 0 Å². The molecule has 0 atom stereocenters. The molecule has 0 unspecified atom stereocenters. The Labute approximate surface area is 144 Å². The van der Waals surface area contributed by atoms with Crippen LogP contribution in [0, 0.1) is 0 Å². The van der Waals surface area contributed by atoms with E-state index in [2.05, 4.69) is 56.5 Å². The smallest absolute Gasteiger partial charge is 0.137 e. The quantitative estimate of drug-likeness (QED) is 0.505. The van der Waals surface area contributed by atoms with E-state index in [1.807, 2.05) is 36.9 Å². The van der Waals surface area contributed by atoms with Crippen LogP contribution in [0.1, 0.15) is 11.1 Å². The van der Waals surface area contributed by atoms with E-state index in [9.17, 15) is 0 Å². The van der Waals surface area contributed by atoms with E-state index in [4.69, 9.17) is 0 Å². The van der Waals surface area contributed by atoms with Gasteiger partial charge in [-0.3, -0.25) is 4.98 Å². The summed E-state index contributed by atoms with van der Waals surface area (Å²) in [5.74, 6) is 0. The maximum atomic E-state index is 4.59. The first-order valence-corrected chi connectivity index (χ1v) is 8.30. The summed E-state index contributed by atoms with van der Waals surface area (Å²) in [7, 11) is 0. The third kappa shape index (κ3) is 2.39. The molecule has 2 N–H and O–H groups in total. The van der Waals surface area contributed by atoms with Crippen LogP contribution < -0.4 is 0 Å². The van der Waals surface area contributed by atoms with Crippen LogP contribution in [0.4, 0.5) is 0 Å². The van der Waals surface area contributed by atoms with Crippen LogP contribution in [-0.2, 0) is 6.42 Å². The van der Waals surface area contributed by atoms with Gasteiger partial charge in [0.1, 0.15) is 5.65 Å². The van der Waals surface area contributed by atoms with Crippen LogP contribution in [0.5, 0.6) is 0 Å². The van der Waals surface area contributed by atoms with Crippen molar-refractivity contribution < 1.29 is 0 Å². The molecule has 1 aromatic carbocycles. The molecule has 0 fully saturated rings. The Morgan fingerprint density at radius 3 is 2.68 bits per heavy atom. The third-order valence-corrected chi connectivity index (χ3v) is 4.70. The highest BCUT2D eigenvalue weighted by molar-refractivity contribution is 5.87. The average Bonchev–Trinajstić information content (AvgIpc) is 3.30. The molecular formula is C21H16N4. The van der Waals surface area contributed by atoms with Gasteiger partial charge >= 0.3 is 0 Å². The summed E-state index contributed by atoms with van der Waals surface area (Å²) in [6.07, 6.45) is 10.5. The summed E-state index contributed by atoms with van der Waals surface area (Å²) in [6, 6.07) is 14.8. The fraction of sp³-hybridized carbons (Fsp3) is 0.0476. The molecular weight excluding hydrogens is 308 g/mol. The molecule has 25 heavy (non-hydrogen) atoms. The van der Waals surface area contributed by atoms with Gasteiger partial charge in [-0.1, -0.05) is 12.1 Å². The van der Waals surface area contributed by atoms with Gasteiger partial charge in [0.25, 0.3) is 0 Å².